The molecule has 1 atom stereocenters. The maximum Gasteiger partial charge on any atom is 0.119 e. The Balaban J connectivity index is 1.84. The molecule has 17 heavy (non-hydrogen) atoms. The van der Waals surface area contributed by atoms with E-state index < -0.39 is 0 Å². The molecule has 0 saturated carbocycles. The molecule has 2 heteroatoms. The summed E-state index contributed by atoms with van der Waals surface area (Å²) in [5.41, 5.74) is 1.40. The number of benzene rings is 1. The van der Waals surface area contributed by atoms with Gasteiger partial charge in [0.1, 0.15) is 5.75 Å². The Bertz CT molecular complexity index is 325. The van der Waals surface area contributed by atoms with Crippen molar-refractivity contribution in [3.63, 3.8) is 0 Å². The van der Waals surface area contributed by atoms with Crippen LogP contribution in [0.25, 0.3) is 0 Å². The van der Waals surface area contributed by atoms with Crippen LogP contribution in [0.5, 0.6) is 5.75 Å². The number of ether oxygens (including phenoxy) is 1. The van der Waals surface area contributed by atoms with E-state index in [0.29, 0.717) is 12.0 Å². The fourth-order valence-electron chi connectivity index (χ4n) is 2.20. The highest BCUT2D eigenvalue weighted by molar-refractivity contribution is 5.27. The maximum atomic E-state index is 5.68. The smallest absolute Gasteiger partial charge is 0.119 e. The summed E-state index contributed by atoms with van der Waals surface area (Å²) in [5.74, 6) is 1.57. The van der Waals surface area contributed by atoms with Crippen LogP contribution in [-0.2, 0) is 6.42 Å². The molecule has 1 aromatic rings. The Morgan fingerprint density at radius 2 is 2.06 bits per heavy atom. The fraction of sp³-hybridized carbons (Fsp3) is 0.600. The molecule has 2 rings (SSSR count). The van der Waals surface area contributed by atoms with Gasteiger partial charge in [0.2, 0.25) is 0 Å². The third-order valence-electron chi connectivity index (χ3n) is 3.15. The minimum Gasteiger partial charge on any atom is -0.493 e. The molecule has 0 aliphatic carbocycles. The van der Waals surface area contributed by atoms with Crippen molar-refractivity contribution >= 4 is 0 Å². The monoisotopic (exact) mass is 233 g/mol. The van der Waals surface area contributed by atoms with Crippen LogP contribution in [0.3, 0.4) is 0 Å². The van der Waals surface area contributed by atoms with Gasteiger partial charge in [0, 0.05) is 6.04 Å². The minimum absolute atomic E-state index is 0.581. The van der Waals surface area contributed by atoms with E-state index in [1.165, 1.54) is 24.9 Å². The number of nitrogens with one attached hydrogen (secondary N) is 1. The summed E-state index contributed by atoms with van der Waals surface area (Å²) in [6, 6.07) is 9.24. The molecule has 0 bridgehead atoms. The molecule has 1 aliphatic rings. The first-order chi connectivity index (χ1) is 8.24. The van der Waals surface area contributed by atoms with Gasteiger partial charge in [-0.15, -0.1) is 0 Å². The van der Waals surface area contributed by atoms with Crippen molar-refractivity contribution in [2.24, 2.45) is 5.92 Å². The average molecular weight is 233 g/mol. The molecule has 94 valence electrons. The van der Waals surface area contributed by atoms with E-state index in [4.69, 9.17) is 4.74 Å². The van der Waals surface area contributed by atoms with Crippen molar-refractivity contribution in [2.45, 2.75) is 39.2 Å². The van der Waals surface area contributed by atoms with Crippen LogP contribution in [0, 0.1) is 5.92 Å². The topological polar surface area (TPSA) is 21.3 Å². The predicted octanol–water partition coefficient (Wildman–Crippen LogP) is 3.02. The van der Waals surface area contributed by atoms with Gasteiger partial charge in [-0.2, -0.15) is 0 Å². The Morgan fingerprint density at radius 1 is 1.29 bits per heavy atom. The molecule has 0 aromatic heterocycles. The first kappa shape index (κ1) is 12.4. The van der Waals surface area contributed by atoms with E-state index in [9.17, 15) is 0 Å². The zero-order valence-corrected chi connectivity index (χ0v) is 10.9. The van der Waals surface area contributed by atoms with E-state index in [-0.39, 0.29) is 0 Å². The second kappa shape index (κ2) is 6.06. The molecule has 1 saturated heterocycles. The molecule has 2 nitrogen and oxygen atoms in total. The molecule has 0 spiro atoms. The summed E-state index contributed by atoms with van der Waals surface area (Å²) in [6.45, 7) is 6.31. The SMILES string of the molecule is CC(C)COc1ccc(CC2CCCN2)cc1. The number of rotatable bonds is 5. The van der Waals surface area contributed by atoms with Crippen molar-refractivity contribution in [3.05, 3.63) is 29.8 Å². The Labute approximate surface area is 104 Å². The predicted molar refractivity (Wildman–Crippen MR) is 71.5 cm³/mol. The fourth-order valence-corrected chi connectivity index (χ4v) is 2.20. The molecule has 1 fully saturated rings. The second-order valence-electron chi connectivity index (χ2n) is 5.35. The van der Waals surface area contributed by atoms with Crippen LogP contribution < -0.4 is 10.1 Å². The van der Waals surface area contributed by atoms with Gasteiger partial charge in [-0.25, -0.2) is 0 Å². The summed E-state index contributed by atoms with van der Waals surface area (Å²) < 4.78 is 5.68. The molecule has 0 radical (unpaired) electrons. The lowest BCUT2D eigenvalue weighted by Crippen LogP contribution is -2.23. The molecule has 0 amide bonds. The summed E-state index contributed by atoms with van der Waals surface area (Å²) >= 11 is 0. The highest BCUT2D eigenvalue weighted by atomic mass is 16.5. The molecule has 1 aromatic carbocycles. The van der Waals surface area contributed by atoms with Gasteiger partial charge >= 0.3 is 0 Å². The van der Waals surface area contributed by atoms with Gasteiger partial charge in [0.15, 0.2) is 0 Å². The van der Waals surface area contributed by atoms with Gasteiger partial charge in [-0.1, -0.05) is 26.0 Å². The zero-order chi connectivity index (χ0) is 12.1. The van der Waals surface area contributed by atoms with Crippen LogP contribution >= 0.6 is 0 Å². The van der Waals surface area contributed by atoms with Crippen molar-refractivity contribution in [1.82, 2.24) is 5.32 Å². The van der Waals surface area contributed by atoms with E-state index in [2.05, 4.69) is 43.4 Å². The lowest BCUT2D eigenvalue weighted by atomic mass is 10.0. The Morgan fingerprint density at radius 3 is 2.65 bits per heavy atom. The first-order valence-corrected chi connectivity index (χ1v) is 6.69. The highest BCUT2D eigenvalue weighted by Gasteiger charge is 2.13. The largest absolute Gasteiger partial charge is 0.493 e. The summed E-state index contributed by atoms with van der Waals surface area (Å²) in [7, 11) is 0. The zero-order valence-electron chi connectivity index (χ0n) is 10.9. The van der Waals surface area contributed by atoms with Gasteiger partial charge in [0.05, 0.1) is 6.61 Å². The standard InChI is InChI=1S/C15H23NO/c1-12(2)11-17-15-7-5-13(6-8-15)10-14-4-3-9-16-14/h5-8,12,14,16H,3-4,9-11H2,1-2H3. The van der Waals surface area contributed by atoms with Crippen molar-refractivity contribution in [3.8, 4) is 5.75 Å². The van der Waals surface area contributed by atoms with Crippen molar-refractivity contribution < 1.29 is 4.74 Å². The number of hydrogen-bond donors (Lipinski definition) is 1. The summed E-state index contributed by atoms with van der Waals surface area (Å²) in [4.78, 5) is 0. The van der Waals surface area contributed by atoms with E-state index >= 15 is 0 Å². The van der Waals surface area contributed by atoms with E-state index in [1.54, 1.807) is 0 Å². The molecular weight excluding hydrogens is 210 g/mol. The molecule has 1 aliphatic heterocycles. The third-order valence-corrected chi connectivity index (χ3v) is 3.15. The van der Waals surface area contributed by atoms with E-state index in [1.807, 2.05) is 0 Å². The summed E-state index contributed by atoms with van der Waals surface area (Å²) in [5, 5.41) is 3.53. The van der Waals surface area contributed by atoms with Crippen molar-refractivity contribution in [2.75, 3.05) is 13.2 Å². The van der Waals surface area contributed by atoms with Gasteiger partial charge in [-0.3, -0.25) is 0 Å². The first-order valence-electron chi connectivity index (χ1n) is 6.69. The highest BCUT2D eigenvalue weighted by Crippen LogP contribution is 2.16. The number of hydrogen-bond acceptors (Lipinski definition) is 2. The normalized spacial score (nSPS) is 19.8. The van der Waals surface area contributed by atoms with Crippen LogP contribution in [0.4, 0.5) is 0 Å². The quantitative estimate of drug-likeness (QED) is 0.844. The van der Waals surface area contributed by atoms with Gasteiger partial charge in [0.25, 0.3) is 0 Å². The van der Waals surface area contributed by atoms with Crippen LogP contribution in [0.2, 0.25) is 0 Å². The molecule has 1 heterocycles. The van der Waals surface area contributed by atoms with Crippen LogP contribution in [0.1, 0.15) is 32.3 Å². The third kappa shape index (κ3) is 4.04. The van der Waals surface area contributed by atoms with Gasteiger partial charge in [-0.05, 0) is 49.4 Å². The Kier molecular flexibility index (Phi) is 4.43. The second-order valence-corrected chi connectivity index (χ2v) is 5.35. The van der Waals surface area contributed by atoms with Gasteiger partial charge < -0.3 is 10.1 Å². The average Bonchev–Trinajstić information content (AvgIpc) is 2.81. The van der Waals surface area contributed by atoms with Crippen LogP contribution in [0.15, 0.2) is 24.3 Å². The molecule has 1 N–H and O–H groups in total. The Hall–Kier alpha value is -1.02. The minimum atomic E-state index is 0.581. The lowest BCUT2D eigenvalue weighted by molar-refractivity contribution is 0.271. The summed E-state index contributed by atoms with van der Waals surface area (Å²) in [6.07, 6.45) is 3.77. The molecule has 1 unspecified atom stereocenters. The maximum absolute atomic E-state index is 5.68. The molecular formula is C15H23NO. The van der Waals surface area contributed by atoms with Crippen LogP contribution in [-0.4, -0.2) is 19.2 Å². The van der Waals surface area contributed by atoms with E-state index in [0.717, 1.165) is 18.8 Å². The van der Waals surface area contributed by atoms with Crippen molar-refractivity contribution in [1.29, 1.82) is 0 Å². The lowest BCUT2D eigenvalue weighted by Gasteiger charge is -2.12.